The minimum Gasteiger partial charge on any atom is -0.481 e. The molecule has 4 nitrogen and oxygen atoms in total. The Labute approximate surface area is 105 Å². The SMILES string of the molecule is COc1ccc2[nH]c(=S)n(C3CC(C)C3)c2n1. The van der Waals surface area contributed by atoms with E-state index in [-0.39, 0.29) is 0 Å². The maximum absolute atomic E-state index is 5.37. The Hall–Kier alpha value is -1.36. The number of methoxy groups -OCH3 is 1. The molecule has 1 N–H and O–H groups in total. The van der Waals surface area contributed by atoms with Gasteiger partial charge >= 0.3 is 0 Å². The van der Waals surface area contributed by atoms with Crippen LogP contribution in [-0.2, 0) is 0 Å². The van der Waals surface area contributed by atoms with Gasteiger partial charge in [0.05, 0.1) is 12.6 Å². The Bertz CT molecular complexity index is 610. The first-order chi connectivity index (χ1) is 8.19. The first-order valence-corrected chi connectivity index (χ1v) is 6.25. The Balaban J connectivity index is 2.15. The van der Waals surface area contributed by atoms with Gasteiger partial charge in [-0.3, -0.25) is 4.57 Å². The number of H-pyrrole nitrogens is 1. The fourth-order valence-corrected chi connectivity index (χ4v) is 2.85. The van der Waals surface area contributed by atoms with Gasteiger partial charge in [-0.2, -0.15) is 4.98 Å². The van der Waals surface area contributed by atoms with E-state index in [0.717, 1.165) is 21.9 Å². The summed E-state index contributed by atoms with van der Waals surface area (Å²) in [6.45, 7) is 2.27. The third-order valence-electron chi connectivity index (χ3n) is 3.46. The predicted molar refractivity (Wildman–Crippen MR) is 68.9 cm³/mol. The van der Waals surface area contributed by atoms with Crippen molar-refractivity contribution >= 4 is 23.4 Å². The first kappa shape index (κ1) is 10.8. The lowest BCUT2D eigenvalue weighted by Crippen LogP contribution is -2.24. The van der Waals surface area contributed by atoms with Gasteiger partial charge in [0.25, 0.3) is 0 Å². The Morgan fingerprint density at radius 2 is 2.24 bits per heavy atom. The van der Waals surface area contributed by atoms with Crippen LogP contribution in [0.2, 0.25) is 0 Å². The molecule has 0 spiro atoms. The van der Waals surface area contributed by atoms with Gasteiger partial charge in [0.15, 0.2) is 10.4 Å². The van der Waals surface area contributed by atoms with Gasteiger partial charge in [-0.25, -0.2) is 0 Å². The van der Waals surface area contributed by atoms with Crippen molar-refractivity contribution in [1.82, 2.24) is 14.5 Å². The molecule has 0 unspecified atom stereocenters. The minimum atomic E-state index is 0.492. The zero-order valence-corrected chi connectivity index (χ0v) is 10.8. The normalized spacial score (nSPS) is 23.6. The summed E-state index contributed by atoms with van der Waals surface area (Å²) in [7, 11) is 1.63. The van der Waals surface area contributed by atoms with Gasteiger partial charge in [0.2, 0.25) is 5.88 Å². The highest BCUT2D eigenvalue weighted by Gasteiger charge is 2.29. The van der Waals surface area contributed by atoms with Crippen molar-refractivity contribution in [3.05, 3.63) is 16.9 Å². The Morgan fingerprint density at radius 3 is 2.88 bits per heavy atom. The molecule has 5 heteroatoms. The molecule has 0 bridgehead atoms. The lowest BCUT2D eigenvalue weighted by molar-refractivity contribution is 0.218. The molecule has 90 valence electrons. The van der Waals surface area contributed by atoms with Gasteiger partial charge in [-0.05, 0) is 37.0 Å². The van der Waals surface area contributed by atoms with Crippen LogP contribution in [0.5, 0.6) is 5.88 Å². The molecular weight excluding hydrogens is 234 g/mol. The van der Waals surface area contributed by atoms with Gasteiger partial charge in [-0.15, -0.1) is 0 Å². The van der Waals surface area contributed by atoms with Crippen LogP contribution in [0.15, 0.2) is 12.1 Å². The molecule has 0 aliphatic heterocycles. The molecule has 1 aliphatic rings. The van der Waals surface area contributed by atoms with Crippen LogP contribution in [0.1, 0.15) is 25.8 Å². The number of fused-ring (bicyclic) bond motifs is 1. The van der Waals surface area contributed by atoms with Crippen molar-refractivity contribution in [1.29, 1.82) is 0 Å². The second-order valence-corrected chi connectivity index (χ2v) is 5.14. The molecule has 0 radical (unpaired) electrons. The standard InChI is InChI=1S/C12H15N3OS/c1-7-5-8(6-7)15-11-9(13-12(15)17)3-4-10(14-11)16-2/h3-4,7-8H,5-6H2,1-2H3,(H,13,17). The number of nitrogens with one attached hydrogen (secondary N) is 1. The molecule has 1 aliphatic carbocycles. The summed E-state index contributed by atoms with van der Waals surface area (Å²) in [5.41, 5.74) is 1.89. The number of nitrogens with zero attached hydrogens (tertiary/aromatic N) is 2. The first-order valence-electron chi connectivity index (χ1n) is 5.84. The van der Waals surface area contributed by atoms with E-state index in [1.165, 1.54) is 12.8 Å². The number of pyridine rings is 1. The lowest BCUT2D eigenvalue weighted by atomic mass is 9.82. The fraction of sp³-hybridized carbons (Fsp3) is 0.500. The smallest absolute Gasteiger partial charge is 0.215 e. The molecule has 2 aromatic rings. The van der Waals surface area contributed by atoms with Crippen LogP contribution >= 0.6 is 12.2 Å². The third kappa shape index (κ3) is 1.65. The minimum absolute atomic E-state index is 0.492. The number of rotatable bonds is 2. The Kier molecular flexibility index (Phi) is 2.43. The van der Waals surface area contributed by atoms with Crippen molar-refractivity contribution in [2.75, 3.05) is 7.11 Å². The van der Waals surface area contributed by atoms with E-state index in [9.17, 15) is 0 Å². The number of imidazole rings is 1. The molecular formula is C12H15N3OS. The molecule has 1 saturated carbocycles. The van der Waals surface area contributed by atoms with Crippen LogP contribution in [0.25, 0.3) is 11.2 Å². The largest absolute Gasteiger partial charge is 0.481 e. The number of hydrogen-bond donors (Lipinski definition) is 1. The molecule has 0 saturated heterocycles. The summed E-state index contributed by atoms with van der Waals surface area (Å²) in [4.78, 5) is 7.69. The Morgan fingerprint density at radius 1 is 1.47 bits per heavy atom. The van der Waals surface area contributed by atoms with Crippen LogP contribution in [0.3, 0.4) is 0 Å². The second kappa shape index (κ2) is 3.84. The molecule has 3 rings (SSSR count). The zero-order chi connectivity index (χ0) is 12.0. The molecule has 0 atom stereocenters. The third-order valence-corrected chi connectivity index (χ3v) is 3.76. The molecule has 2 heterocycles. The monoisotopic (exact) mass is 249 g/mol. The maximum atomic E-state index is 5.37. The summed E-state index contributed by atoms with van der Waals surface area (Å²) in [6.07, 6.45) is 2.36. The highest BCUT2D eigenvalue weighted by atomic mass is 32.1. The van der Waals surface area contributed by atoms with Crippen LogP contribution in [0, 0.1) is 10.7 Å². The fourth-order valence-electron chi connectivity index (χ4n) is 2.51. The van der Waals surface area contributed by atoms with E-state index in [4.69, 9.17) is 17.0 Å². The maximum Gasteiger partial charge on any atom is 0.215 e. The quantitative estimate of drug-likeness (QED) is 0.832. The van der Waals surface area contributed by atoms with Gasteiger partial charge in [-0.1, -0.05) is 6.92 Å². The predicted octanol–water partition coefficient (Wildman–Crippen LogP) is 3.07. The molecule has 0 aromatic carbocycles. The molecule has 1 fully saturated rings. The summed E-state index contributed by atoms with van der Waals surface area (Å²) in [6, 6.07) is 4.31. The van der Waals surface area contributed by atoms with Crippen molar-refractivity contribution in [3.8, 4) is 5.88 Å². The van der Waals surface area contributed by atoms with E-state index >= 15 is 0 Å². The topological polar surface area (TPSA) is 42.8 Å². The van der Waals surface area contributed by atoms with Gasteiger partial charge in [0.1, 0.15) is 0 Å². The summed E-state index contributed by atoms with van der Waals surface area (Å²) in [5.74, 6) is 1.42. The number of ether oxygens (including phenoxy) is 1. The molecule has 0 amide bonds. The number of aromatic amines is 1. The van der Waals surface area contributed by atoms with Crippen molar-refractivity contribution < 1.29 is 4.74 Å². The van der Waals surface area contributed by atoms with Crippen LogP contribution in [-0.4, -0.2) is 21.6 Å². The zero-order valence-electron chi connectivity index (χ0n) is 9.93. The van der Waals surface area contributed by atoms with E-state index in [0.29, 0.717) is 11.9 Å². The van der Waals surface area contributed by atoms with Crippen LogP contribution < -0.4 is 4.74 Å². The van der Waals surface area contributed by atoms with Gasteiger partial charge in [0, 0.05) is 12.1 Å². The summed E-state index contributed by atoms with van der Waals surface area (Å²) < 4.78 is 8.06. The highest BCUT2D eigenvalue weighted by Crippen LogP contribution is 2.39. The summed E-state index contributed by atoms with van der Waals surface area (Å²) >= 11 is 5.37. The van der Waals surface area contributed by atoms with E-state index in [1.54, 1.807) is 7.11 Å². The lowest BCUT2D eigenvalue weighted by Gasteiger charge is -2.33. The second-order valence-electron chi connectivity index (χ2n) is 4.76. The van der Waals surface area contributed by atoms with Crippen molar-refractivity contribution in [3.63, 3.8) is 0 Å². The van der Waals surface area contributed by atoms with Crippen molar-refractivity contribution in [2.45, 2.75) is 25.8 Å². The molecule has 2 aromatic heterocycles. The average molecular weight is 249 g/mol. The highest BCUT2D eigenvalue weighted by molar-refractivity contribution is 7.71. The molecule has 17 heavy (non-hydrogen) atoms. The van der Waals surface area contributed by atoms with Gasteiger partial charge < -0.3 is 9.72 Å². The number of aromatic nitrogens is 3. The van der Waals surface area contributed by atoms with E-state index < -0.39 is 0 Å². The van der Waals surface area contributed by atoms with E-state index in [2.05, 4.69) is 21.5 Å². The average Bonchev–Trinajstić information content (AvgIpc) is 2.60. The van der Waals surface area contributed by atoms with E-state index in [1.807, 2.05) is 12.1 Å². The number of hydrogen-bond acceptors (Lipinski definition) is 3. The summed E-state index contributed by atoms with van der Waals surface area (Å²) in [5, 5.41) is 0. The van der Waals surface area contributed by atoms with Crippen LogP contribution in [0.4, 0.5) is 0 Å². The van der Waals surface area contributed by atoms with Crippen molar-refractivity contribution in [2.24, 2.45) is 5.92 Å².